The molecular weight excluding hydrogens is 255 g/mol. The third kappa shape index (κ3) is 2.36. The summed E-state index contributed by atoms with van der Waals surface area (Å²) in [4.78, 5) is 6.46. The molecule has 0 aliphatic carbocycles. The van der Waals surface area contributed by atoms with Gasteiger partial charge in [-0.2, -0.15) is 13.2 Å². The molecule has 3 N–H and O–H groups in total. The highest BCUT2D eigenvalue weighted by Gasteiger charge is 2.33. The molecule has 1 aromatic carbocycles. The van der Waals surface area contributed by atoms with Gasteiger partial charge in [0, 0.05) is 5.56 Å². The molecule has 0 amide bonds. The van der Waals surface area contributed by atoms with Crippen molar-refractivity contribution in [2.45, 2.75) is 6.18 Å². The maximum Gasteiger partial charge on any atom is 0.417 e. The molecule has 0 spiro atoms. The number of hydrogen-bond acceptors (Lipinski definition) is 2. The van der Waals surface area contributed by atoms with E-state index in [2.05, 4.69) is 9.97 Å². The summed E-state index contributed by atoms with van der Waals surface area (Å²) in [6.07, 6.45) is -3.03. The molecule has 0 unspecified atom stereocenters. The number of anilines is 1. The monoisotopic (exact) mass is 261 g/mol. The van der Waals surface area contributed by atoms with Gasteiger partial charge < -0.3 is 10.7 Å². The molecule has 2 aromatic rings. The number of nitrogens with two attached hydrogens (primary N) is 1. The van der Waals surface area contributed by atoms with E-state index in [1.165, 1.54) is 18.3 Å². The van der Waals surface area contributed by atoms with Crippen LogP contribution in [0.15, 0.2) is 24.4 Å². The number of nitrogen functional groups attached to an aromatic ring is 1. The average molecular weight is 262 g/mol. The van der Waals surface area contributed by atoms with Crippen molar-refractivity contribution in [3.8, 4) is 11.3 Å². The van der Waals surface area contributed by atoms with Crippen LogP contribution in [0.2, 0.25) is 5.02 Å². The van der Waals surface area contributed by atoms with E-state index < -0.39 is 11.7 Å². The number of nitrogens with one attached hydrogen (secondary N) is 1. The lowest BCUT2D eigenvalue weighted by Gasteiger charge is -2.09. The fraction of sp³-hybridized carbons (Fsp3) is 0.100. The molecular formula is C10H7ClF3N3. The Labute approximate surface area is 99.4 Å². The maximum absolute atomic E-state index is 12.5. The minimum atomic E-state index is -4.46. The zero-order chi connectivity index (χ0) is 12.6. The fourth-order valence-corrected chi connectivity index (χ4v) is 1.68. The number of H-pyrrole nitrogens is 1. The lowest BCUT2D eigenvalue weighted by molar-refractivity contribution is -0.137. The molecule has 0 atom stereocenters. The summed E-state index contributed by atoms with van der Waals surface area (Å²) in [5, 5.41) is -0.358. The van der Waals surface area contributed by atoms with Gasteiger partial charge in [-0.25, -0.2) is 4.98 Å². The molecule has 0 radical (unpaired) electrons. The summed E-state index contributed by atoms with van der Waals surface area (Å²) >= 11 is 5.59. The van der Waals surface area contributed by atoms with Crippen LogP contribution in [-0.4, -0.2) is 9.97 Å². The molecule has 17 heavy (non-hydrogen) atoms. The van der Waals surface area contributed by atoms with Gasteiger partial charge in [0.05, 0.1) is 22.5 Å². The summed E-state index contributed by atoms with van der Waals surface area (Å²) in [7, 11) is 0. The molecule has 1 heterocycles. The van der Waals surface area contributed by atoms with E-state index in [-0.39, 0.29) is 11.0 Å². The number of aromatic amines is 1. The van der Waals surface area contributed by atoms with Crippen LogP contribution < -0.4 is 5.73 Å². The number of aromatic nitrogens is 2. The highest BCUT2D eigenvalue weighted by molar-refractivity contribution is 6.31. The Balaban J connectivity index is 2.44. The van der Waals surface area contributed by atoms with Gasteiger partial charge >= 0.3 is 6.18 Å². The third-order valence-electron chi connectivity index (χ3n) is 2.18. The molecule has 7 heteroatoms. The van der Waals surface area contributed by atoms with Crippen LogP contribution in [0, 0.1) is 0 Å². The smallest absolute Gasteiger partial charge is 0.369 e. The zero-order valence-corrected chi connectivity index (χ0v) is 9.10. The quantitative estimate of drug-likeness (QED) is 0.827. The van der Waals surface area contributed by atoms with E-state index in [9.17, 15) is 13.2 Å². The van der Waals surface area contributed by atoms with Crippen molar-refractivity contribution in [2.24, 2.45) is 0 Å². The zero-order valence-electron chi connectivity index (χ0n) is 8.35. The molecule has 0 saturated heterocycles. The van der Waals surface area contributed by atoms with Crippen molar-refractivity contribution in [1.29, 1.82) is 0 Å². The Morgan fingerprint density at radius 2 is 2.00 bits per heavy atom. The second-order valence-electron chi connectivity index (χ2n) is 3.37. The minimum absolute atomic E-state index is 0.191. The van der Waals surface area contributed by atoms with Gasteiger partial charge in [0.1, 0.15) is 0 Å². The van der Waals surface area contributed by atoms with Gasteiger partial charge in [-0.05, 0) is 12.1 Å². The van der Waals surface area contributed by atoms with Gasteiger partial charge in [-0.1, -0.05) is 17.7 Å². The van der Waals surface area contributed by atoms with Crippen molar-refractivity contribution >= 4 is 17.5 Å². The Morgan fingerprint density at radius 1 is 1.29 bits per heavy atom. The van der Waals surface area contributed by atoms with Crippen LogP contribution in [0.5, 0.6) is 0 Å². The fourth-order valence-electron chi connectivity index (χ4n) is 1.40. The highest BCUT2D eigenvalue weighted by atomic mass is 35.5. The molecule has 3 nitrogen and oxygen atoms in total. The van der Waals surface area contributed by atoms with Crippen LogP contribution in [0.1, 0.15) is 5.56 Å². The Bertz CT molecular complexity index is 548. The summed E-state index contributed by atoms with van der Waals surface area (Å²) in [5.41, 5.74) is 5.51. The van der Waals surface area contributed by atoms with Crippen LogP contribution in [0.25, 0.3) is 11.3 Å². The molecule has 0 fully saturated rings. The van der Waals surface area contributed by atoms with Crippen LogP contribution in [0.3, 0.4) is 0 Å². The lowest BCUT2D eigenvalue weighted by Crippen LogP contribution is -2.05. The van der Waals surface area contributed by atoms with Crippen LogP contribution in [0.4, 0.5) is 19.1 Å². The first kappa shape index (κ1) is 11.8. The average Bonchev–Trinajstić information content (AvgIpc) is 2.62. The predicted octanol–water partition coefficient (Wildman–Crippen LogP) is 3.33. The highest BCUT2D eigenvalue weighted by Crippen LogP contribution is 2.36. The lowest BCUT2D eigenvalue weighted by atomic mass is 10.1. The maximum atomic E-state index is 12.5. The molecule has 2 rings (SSSR count). The SMILES string of the molecule is Nc1ncc(-c2ccc(C(F)(F)F)c(Cl)c2)[nH]1. The normalized spacial score (nSPS) is 11.8. The first-order valence-electron chi connectivity index (χ1n) is 4.55. The topological polar surface area (TPSA) is 54.7 Å². The van der Waals surface area contributed by atoms with Crippen molar-refractivity contribution in [3.63, 3.8) is 0 Å². The summed E-state index contributed by atoms with van der Waals surface area (Å²) in [5.74, 6) is 0.191. The Morgan fingerprint density at radius 3 is 2.47 bits per heavy atom. The largest absolute Gasteiger partial charge is 0.417 e. The van der Waals surface area contributed by atoms with Gasteiger partial charge in [0.2, 0.25) is 0 Å². The van der Waals surface area contributed by atoms with Crippen molar-refractivity contribution in [2.75, 3.05) is 5.73 Å². The first-order chi connectivity index (χ1) is 7.88. The van der Waals surface area contributed by atoms with Gasteiger partial charge in [0.15, 0.2) is 5.95 Å². The Kier molecular flexibility index (Phi) is 2.74. The molecule has 0 aliphatic rings. The van der Waals surface area contributed by atoms with E-state index in [1.807, 2.05) is 0 Å². The second-order valence-corrected chi connectivity index (χ2v) is 3.78. The Hall–Kier alpha value is -1.69. The number of imidazole rings is 1. The number of nitrogens with zero attached hydrogens (tertiary/aromatic N) is 1. The number of rotatable bonds is 1. The molecule has 90 valence electrons. The summed E-state index contributed by atoms with van der Waals surface area (Å²) in [6, 6.07) is 3.45. The van der Waals surface area contributed by atoms with Gasteiger partial charge in [0.25, 0.3) is 0 Å². The molecule has 0 aliphatic heterocycles. The van der Waals surface area contributed by atoms with E-state index in [1.54, 1.807) is 0 Å². The number of hydrogen-bond donors (Lipinski definition) is 2. The first-order valence-corrected chi connectivity index (χ1v) is 4.93. The second kappa shape index (κ2) is 3.96. The van der Waals surface area contributed by atoms with E-state index in [0.717, 1.165) is 6.07 Å². The number of halogens is 4. The molecule has 0 saturated carbocycles. The number of alkyl halides is 3. The third-order valence-corrected chi connectivity index (χ3v) is 2.49. The van der Waals surface area contributed by atoms with Crippen molar-refractivity contribution in [3.05, 3.63) is 35.0 Å². The van der Waals surface area contributed by atoms with Crippen molar-refractivity contribution < 1.29 is 13.2 Å². The predicted molar refractivity (Wildman–Crippen MR) is 58.4 cm³/mol. The number of benzene rings is 1. The summed E-state index contributed by atoms with van der Waals surface area (Å²) in [6.45, 7) is 0. The summed E-state index contributed by atoms with van der Waals surface area (Å²) < 4.78 is 37.4. The van der Waals surface area contributed by atoms with Gasteiger partial charge in [-0.15, -0.1) is 0 Å². The van der Waals surface area contributed by atoms with E-state index in [0.29, 0.717) is 11.3 Å². The minimum Gasteiger partial charge on any atom is -0.369 e. The van der Waals surface area contributed by atoms with Crippen LogP contribution in [-0.2, 0) is 6.18 Å². The van der Waals surface area contributed by atoms with Crippen LogP contribution >= 0.6 is 11.6 Å². The van der Waals surface area contributed by atoms with Crippen molar-refractivity contribution in [1.82, 2.24) is 9.97 Å². The van der Waals surface area contributed by atoms with E-state index in [4.69, 9.17) is 17.3 Å². The molecule has 1 aromatic heterocycles. The molecule has 0 bridgehead atoms. The van der Waals surface area contributed by atoms with Gasteiger partial charge in [-0.3, -0.25) is 0 Å². The standard InChI is InChI=1S/C10H7ClF3N3/c11-7-3-5(8-4-16-9(15)17-8)1-2-6(7)10(12,13)14/h1-4H,(H3,15,16,17). The van der Waals surface area contributed by atoms with E-state index >= 15 is 0 Å².